The van der Waals surface area contributed by atoms with Crippen molar-refractivity contribution in [1.29, 1.82) is 0 Å². The van der Waals surface area contributed by atoms with Crippen molar-refractivity contribution < 1.29 is 8.42 Å². The zero-order valence-electron chi connectivity index (χ0n) is 10.9. The molecule has 0 atom stereocenters. The standard InChI is InChI=1S/C11H17ClN2O2S2/c1-7(2)10-13-9(12)8(3)11(14-10)17-5-6-18(4,15)16/h7H,5-6H2,1-4H3. The average Bonchev–Trinajstić information content (AvgIpc) is 2.21. The summed E-state index contributed by atoms with van der Waals surface area (Å²) in [5.41, 5.74) is 0.805. The molecule has 1 heterocycles. The Balaban J connectivity index is 2.88. The van der Waals surface area contributed by atoms with Crippen molar-refractivity contribution in [1.82, 2.24) is 9.97 Å². The van der Waals surface area contributed by atoms with Gasteiger partial charge in [-0.15, -0.1) is 11.8 Å². The molecule has 0 bridgehead atoms. The van der Waals surface area contributed by atoms with Gasteiger partial charge in [-0.1, -0.05) is 25.4 Å². The molecular formula is C11H17ClN2O2S2. The average molecular weight is 309 g/mol. The minimum Gasteiger partial charge on any atom is -0.229 e. The van der Waals surface area contributed by atoms with Gasteiger partial charge in [0.25, 0.3) is 0 Å². The summed E-state index contributed by atoms with van der Waals surface area (Å²) in [6, 6.07) is 0. The molecule has 0 N–H and O–H groups in total. The lowest BCUT2D eigenvalue weighted by molar-refractivity contribution is 0.603. The highest BCUT2D eigenvalue weighted by Gasteiger charge is 2.13. The molecular weight excluding hydrogens is 292 g/mol. The molecule has 0 aliphatic heterocycles. The van der Waals surface area contributed by atoms with Crippen LogP contribution in [0.15, 0.2) is 5.03 Å². The molecule has 0 aliphatic carbocycles. The van der Waals surface area contributed by atoms with E-state index in [2.05, 4.69) is 9.97 Å². The van der Waals surface area contributed by atoms with Gasteiger partial charge in [-0.25, -0.2) is 18.4 Å². The van der Waals surface area contributed by atoms with Gasteiger partial charge in [-0.3, -0.25) is 0 Å². The van der Waals surface area contributed by atoms with Gasteiger partial charge < -0.3 is 0 Å². The molecule has 1 aromatic rings. The smallest absolute Gasteiger partial charge is 0.148 e. The maximum absolute atomic E-state index is 11.1. The van der Waals surface area contributed by atoms with Gasteiger partial charge in [0.2, 0.25) is 0 Å². The van der Waals surface area contributed by atoms with Crippen molar-refractivity contribution in [2.45, 2.75) is 31.7 Å². The number of sulfone groups is 1. The topological polar surface area (TPSA) is 59.9 Å². The summed E-state index contributed by atoms with van der Waals surface area (Å²) in [4.78, 5) is 8.64. The Kier molecular flexibility index (Phi) is 5.43. The van der Waals surface area contributed by atoms with Gasteiger partial charge in [0.15, 0.2) is 0 Å². The summed E-state index contributed by atoms with van der Waals surface area (Å²) >= 11 is 7.45. The number of nitrogens with zero attached hydrogens (tertiary/aromatic N) is 2. The molecule has 0 amide bonds. The Bertz CT molecular complexity index is 530. The minimum absolute atomic E-state index is 0.135. The summed E-state index contributed by atoms with van der Waals surface area (Å²) in [5.74, 6) is 1.49. The molecule has 0 fully saturated rings. The van der Waals surface area contributed by atoms with Gasteiger partial charge >= 0.3 is 0 Å². The van der Waals surface area contributed by atoms with E-state index in [1.165, 1.54) is 18.0 Å². The summed E-state index contributed by atoms with van der Waals surface area (Å²) in [6.07, 6.45) is 1.23. The van der Waals surface area contributed by atoms with Crippen LogP contribution < -0.4 is 0 Å². The molecule has 0 aromatic carbocycles. The number of rotatable bonds is 5. The predicted octanol–water partition coefficient (Wildman–Crippen LogP) is 2.70. The second-order valence-corrected chi connectivity index (χ2v) is 8.14. The molecule has 0 spiro atoms. The fourth-order valence-corrected chi connectivity index (χ4v) is 3.62. The van der Waals surface area contributed by atoms with E-state index in [1.807, 2.05) is 20.8 Å². The molecule has 0 radical (unpaired) electrons. The maximum Gasteiger partial charge on any atom is 0.148 e. The summed E-state index contributed by atoms with van der Waals surface area (Å²) in [5, 5.41) is 1.21. The molecule has 0 saturated carbocycles. The van der Waals surface area contributed by atoms with E-state index >= 15 is 0 Å². The first kappa shape index (κ1) is 15.7. The van der Waals surface area contributed by atoms with Crippen molar-refractivity contribution >= 4 is 33.2 Å². The van der Waals surface area contributed by atoms with Crippen LogP contribution in [0.5, 0.6) is 0 Å². The third-order valence-corrected chi connectivity index (χ3v) is 4.92. The highest BCUT2D eigenvalue weighted by atomic mass is 35.5. The van der Waals surface area contributed by atoms with Crippen molar-refractivity contribution in [2.75, 3.05) is 17.8 Å². The van der Waals surface area contributed by atoms with E-state index < -0.39 is 9.84 Å². The molecule has 4 nitrogen and oxygen atoms in total. The zero-order valence-corrected chi connectivity index (χ0v) is 13.3. The van der Waals surface area contributed by atoms with Crippen LogP contribution in [0.25, 0.3) is 0 Å². The first-order valence-electron chi connectivity index (χ1n) is 5.55. The van der Waals surface area contributed by atoms with Gasteiger partial charge in [0, 0.05) is 23.5 Å². The Hall–Kier alpha value is -0.330. The number of halogens is 1. The third-order valence-electron chi connectivity index (χ3n) is 2.27. The van der Waals surface area contributed by atoms with Crippen LogP contribution in [0.3, 0.4) is 0 Å². The number of hydrogen-bond donors (Lipinski definition) is 0. The van der Waals surface area contributed by atoms with Crippen molar-refractivity contribution in [3.05, 3.63) is 16.5 Å². The molecule has 102 valence electrons. The van der Waals surface area contributed by atoms with Crippen LogP contribution in [-0.4, -0.2) is 36.1 Å². The molecule has 1 aromatic heterocycles. The SMILES string of the molecule is Cc1c(Cl)nc(C(C)C)nc1SCCS(C)(=O)=O. The lowest BCUT2D eigenvalue weighted by atomic mass is 10.2. The molecule has 0 saturated heterocycles. The largest absolute Gasteiger partial charge is 0.229 e. The molecule has 1 rings (SSSR count). The highest BCUT2D eigenvalue weighted by Crippen LogP contribution is 2.26. The van der Waals surface area contributed by atoms with Crippen molar-refractivity contribution in [3.63, 3.8) is 0 Å². The van der Waals surface area contributed by atoms with Crippen LogP contribution in [0, 0.1) is 6.92 Å². The monoisotopic (exact) mass is 308 g/mol. The Morgan fingerprint density at radius 1 is 1.33 bits per heavy atom. The Morgan fingerprint density at radius 3 is 2.44 bits per heavy atom. The first-order valence-corrected chi connectivity index (χ1v) is 8.97. The molecule has 0 unspecified atom stereocenters. The van der Waals surface area contributed by atoms with Crippen LogP contribution >= 0.6 is 23.4 Å². The van der Waals surface area contributed by atoms with E-state index in [0.29, 0.717) is 16.7 Å². The number of hydrogen-bond acceptors (Lipinski definition) is 5. The minimum atomic E-state index is -2.94. The van der Waals surface area contributed by atoms with Gasteiger partial charge in [0.05, 0.1) is 5.75 Å². The van der Waals surface area contributed by atoms with E-state index in [9.17, 15) is 8.42 Å². The number of thioether (sulfide) groups is 1. The van der Waals surface area contributed by atoms with Crippen molar-refractivity contribution in [2.24, 2.45) is 0 Å². The second-order valence-electron chi connectivity index (χ2n) is 4.44. The van der Waals surface area contributed by atoms with Gasteiger partial charge in [-0.05, 0) is 6.92 Å². The van der Waals surface area contributed by atoms with Crippen LogP contribution in [0.1, 0.15) is 31.2 Å². The van der Waals surface area contributed by atoms with Crippen LogP contribution in [0.4, 0.5) is 0 Å². The zero-order chi connectivity index (χ0) is 13.9. The fraction of sp³-hybridized carbons (Fsp3) is 0.636. The molecule has 0 aliphatic rings. The maximum atomic E-state index is 11.1. The van der Waals surface area contributed by atoms with Crippen LogP contribution in [-0.2, 0) is 9.84 Å². The molecule has 18 heavy (non-hydrogen) atoms. The van der Waals surface area contributed by atoms with E-state index in [1.54, 1.807) is 0 Å². The Morgan fingerprint density at radius 2 is 1.94 bits per heavy atom. The number of aromatic nitrogens is 2. The van der Waals surface area contributed by atoms with Crippen LogP contribution in [0.2, 0.25) is 5.15 Å². The summed E-state index contributed by atoms with van der Waals surface area (Å²) in [7, 11) is -2.94. The van der Waals surface area contributed by atoms with Gasteiger partial charge in [-0.2, -0.15) is 0 Å². The van der Waals surface area contributed by atoms with E-state index in [-0.39, 0.29) is 11.7 Å². The Labute approximate surface area is 117 Å². The second kappa shape index (κ2) is 6.21. The van der Waals surface area contributed by atoms with Crippen molar-refractivity contribution in [3.8, 4) is 0 Å². The normalized spacial score (nSPS) is 12.1. The lowest BCUT2D eigenvalue weighted by Gasteiger charge is -2.10. The molecule has 7 heteroatoms. The quantitative estimate of drug-likeness (QED) is 0.618. The lowest BCUT2D eigenvalue weighted by Crippen LogP contribution is -2.07. The highest BCUT2D eigenvalue weighted by molar-refractivity contribution is 8.00. The predicted molar refractivity (Wildman–Crippen MR) is 76.3 cm³/mol. The summed E-state index contributed by atoms with van der Waals surface area (Å²) in [6.45, 7) is 5.83. The van der Waals surface area contributed by atoms with E-state index in [0.717, 1.165) is 10.6 Å². The first-order chi connectivity index (χ1) is 8.20. The fourth-order valence-electron chi connectivity index (χ4n) is 1.17. The summed E-state index contributed by atoms with van der Waals surface area (Å²) < 4.78 is 22.2. The third kappa shape index (κ3) is 4.74. The van der Waals surface area contributed by atoms with E-state index in [4.69, 9.17) is 11.6 Å². The van der Waals surface area contributed by atoms with Gasteiger partial charge in [0.1, 0.15) is 25.8 Å².